The van der Waals surface area contributed by atoms with Crippen LogP contribution in [0.2, 0.25) is 0 Å². The van der Waals surface area contributed by atoms with Crippen LogP contribution in [-0.2, 0) is 24.2 Å². The molecule has 3 aromatic rings. The lowest BCUT2D eigenvalue weighted by Gasteiger charge is -2.18. The Hall–Kier alpha value is -3.80. The molecule has 6 heteroatoms. The third-order valence-corrected chi connectivity index (χ3v) is 5.89. The van der Waals surface area contributed by atoms with Crippen molar-refractivity contribution in [2.45, 2.75) is 26.3 Å². The van der Waals surface area contributed by atoms with Crippen LogP contribution in [0.5, 0.6) is 11.5 Å². The van der Waals surface area contributed by atoms with Gasteiger partial charge in [0.05, 0.1) is 20.6 Å². The number of ether oxygens (including phenoxy) is 2. The largest absolute Gasteiger partial charge is 0.493 e. The fourth-order valence-electron chi connectivity index (χ4n) is 4.07. The van der Waals surface area contributed by atoms with Gasteiger partial charge in [-0.15, -0.1) is 0 Å². The molecule has 1 heterocycles. The van der Waals surface area contributed by atoms with Gasteiger partial charge < -0.3 is 19.7 Å². The maximum atomic E-state index is 12.9. The van der Waals surface area contributed by atoms with Gasteiger partial charge in [-0.3, -0.25) is 9.59 Å². The number of carbonyl (C=O) groups is 2. The smallest absolute Gasteiger partial charge is 0.258 e. The molecule has 1 aliphatic rings. The monoisotopic (exact) mass is 444 g/mol. The van der Waals surface area contributed by atoms with E-state index in [9.17, 15) is 9.59 Å². The second-order valence-corrected chi connectivity index (χ2v) is 8.18. The van der Waals surface area contributed by atoms with Gasteiger partial charge in [-0.2, -0.15) is 0 Å². The predicted octanol–water partition coefficient (Wildman–Crippen LogP) is 4.07. The van der Waals surface area contributed by atoms with Crippen molar-refractivity contribution in [3.8, 4) is 11.5 Å². The summed E-state index contributed by atoms with van der Waals surface area (Å²) in [4.78, 5) is 27.2. The van der Waals surface area contributed by atoms with Crippen molar-refractivity contribution in [2.75, 3.05) is 25.7 Å². The first kappa shape index (κ1) is 22.4. The van der Waals surface area contributed by atoms with Crippen molar-refractivity contribution >= 4 is 17.5 Å². The minimum absolute atomic E-state index is 0.0183. The molecular formula is C27H28N2O4. The van der Waals surface area contributed by atoms with Crippen molar-refractivity contribution in [1.29, 1.82) is 0 Å². The summed E-state index contributed by atoms with van der Waals surface area (Å²) < 4.78 is 10.5. The molecule has 3 aromatic carbocycles. The van der Waals surface area contributed by atoms with E-state index < -0.39 is 0 Å². The molecule has 0 radical (unpaired) electrons. The average Bonchev–Trinajstić information content (AvgIpc) is 3.26. The van der Waals surface area contributed by atoms with E-state index in [4.69, 9.17) is 9.47 Å². The molecule has 2 amide bonds. The Balaban J connectivity index is 1.37. The van der Waals surface area contributed by atoms with Crippen LogP contribution in [0.3, 0.4) is 0 Å². The number of nitrogens with one attached hydrogen (secondary N) is 1. The van der Waals surface area contributed by atoms with Crippen LogP contribution >= 0.6 is 0 Å². The van der Waals surface area contributed by atoms with Crippen LogP contribution in [-0.4, -0.2) is 32.6 Å². The normalized spacial score (nSPS) is 12.3. The molecule has 0 aromatic heterocycles. The third kappa shape index (κ3) is 5.00. The number of amides is 2. The van der Waals surface area contributed by atoms with Crippen LogP contribution in [0.25, 0.3) is 0 Å². The minimum Gasteiger partial charge on any atom is -0.493 e. The molecule has 0 unspecified atom stereocenters. The molecule has 0 saturated carbocycles. The highest BCUT2D eigenvalue weighted by Gasteiger charge is 2.25. The van der Waals surface area contributed by atoms with Gasteiger partial charge in [0.15, 0.2) is 11.5 Å². The number of carbonyl (C=O) groups excluding carboxylic acids is 2. The molecule has 6 nitrogen and oxygen atoms in total. The Labute approximate surface area is 194 Å². The number of nitrogens with zero attached hydrogens (tertiary/aromatic N) is 1. The van der Waals surface area contributed by atoms with Gasteiger partial charge in [0, 0.05) is 24.3 Å². The molecule has 1 N–H and O–H groups in total. The van der Waals surface area contributed by atoms with Gasteiger partial charge in [0.1, 0.15) is 0 Å². The van der Waals surface area contributed by atoms with Crippen LogP contribution in [0, 0.1) is 6.92 Å². The molecule has 0 bridgehead atoms. The lowest BCUT2D eigenvalue weighted by atomic mass is 10.1. The predicted molar refractivity (Wildman–Crippen MR) is 128 cm³/mol. The number of fused-ring (bicyclic) bond motifs is 1. The molecular weight excluding hydrogens is 416 g/mol. The fraction of sp³-hybridized carbons (Fsp3) is 0.259. The Bertz CT molecular complexity index is 1170. The first-order valence-electron chi connectivity index (χ1n) is 11.0. The van der Waals surface area contributed by atoms with E-state index in [2.05, 4.69) is 11.4 Å². The summed E-state index contributed by atoms with van der Waals surface area (Å²) >= 11 is 0. The Morgan fingerprint density at radius 1 is 0.909 bits per heavy atom. The molecule has 1 aliphatic heterocycles. The van der Waals surface area contributed by atoms with Gasteiger partial charge in [-0.05, 0) is 60.4 Å². The summed E-state index contributed by atoms with van der Waals surface area (Å²) in [7, 11) is 3.16. The summed E-state index contributed by atoms with van der Waals surface area (Å²) in [5.74, 6) is 1.18. The zero-order valence-corrected chi connectivity index (χ0v) is 19.2. The topological polar surface area (TPSA) is 67.9 Å². The van der Waals surface area contributed by atoms with Crippen LogP contribution in [0.1, 0.15) is 32.6 Å². The summed E-state index contributed by atoms with van der Waals surface area (Å²) in [5, 5.41) is 2.98. The van der Waals surface area contributed by atoms with Gasteiger partial charge >= 0.3 is 0 Å². The van der Waals surface area contributed by atoms with E-state index in [1.807, 2.05) is 60.4 Å². The number of anilines is 1. The van der Waals surface area contributed by atoms with Crippen LogP contribution < -0.4 is 19.7 Å². The summed E-state index contributed by atoms with van der Waals surface area (Å²) in [6.45, 7) is 3.11. The first-order chi connectivity index (χ1) is 16.0. The quantitative estimate of drug-likeness (QED) is 0.597. The van der Waals surface area contributed by atoms with Crippen molar-refractivity contribution in [3.05, 3.63) is 88.5 Å². The van der Waals surface area contributed by atoms with Gasteiger partial charge in [0.2, 0.25) is 5.91 Å². The Morgan fingerprint density at radius 3 is 2.36 bits per heavy atom. The number of hydrogen-bond donors (Lipinski definition) is 1. The highest BCUT2D eigenvalue weighted by atomic mass is 16.5. The molecule has 0 fully saturated rings. The average molecular weight is 445 g/mol. The van der Waals surface area contributed by atoms with E-state index in [1.165, 1.54) is 0 Å². The molecule has 170 valence electrons. The highest BCUT2D eigenvalue weighted by molar-refractivity contribution is 6.07. The van der Waals surface area contributed by atoms with E-state index in [1.54, 1.807) is 20.3 Å². The standard InChI is InChI=1S/C27H28N2O4/c1-18-4-8-21(9-5-18)27(31)29-13-12-22-14-20(6-10-23(22)29)17-28-26(30)16-19-7-11-24(32-2)25(15-19)33-3/h4-11,14-15H,12-13,16-17H2,1-3H3,(H,28,30). The number of aryl methyl sites for hydroxylation is 1. The van der Waals surface area contributed by atoms with Crippen molar-refractivity contribution < 1.29 is 19.1 Å². The zero-order valence-electron chi connectivity index (χ0n) is 19.2. The molecule has 33 heavy (non-hydrogen) atoms. The molecule has 0 saturated heterocycles. The maximum absolute atomic E-state index is 12.9. The second kappa shape index (κ2) is 9.77. The number of benzene rings is 3. The van der Waals surface area contributed by atoms with Crippen molar-refractivity contribution in [3.63, 3.8) is 0 Å². The van der Waals surface area contributed by atoms with Crippen molar-refractivity contribution in [2.24, 2.45) is 0 Å². The van der Waals surface area contributed by atoms with E-state index in [-0.39, 0.29) is 18.2 Å². The van der Waals surface area contributed by atoms with Crippen LogP contribution in [0.4, 0.5) is 5.69 Å². The van der Waals surface area contributed by atoms with Crippen LogP contribution in [0.15, 0.2) is 60.7 Å². The lowest BCUT2D eigenvalue weighted by molar-refractivity contribution is -0.120. The zero-order chi connectivity index (χ0) is 23.4. The molecule has 0 spiro atoms. The van der Waals surface area contributed by atoms with Gasteiger partial charge in [-0.25, -0.2) is 0 Å². The number of rotatable bonds is 7. The van der Waals surface area contributed by atoms with E-state index >= 15 is 0 Å². The van der Waals surface area contributed by atoms with Gasteiger partial charge in [0.25, 0.3) is 5.91 Å². The molecule has 4 rings (SSSR count). The van der Waals surface area contributed by atoms with E-state index in [0.29, 0.717) is 30.2 Å². The first-order valence-corrected chi connectivity index (χ1v) is 11.0. The fourth-order valence-corrected chi connectivity index (χ4v) is 4.07. The number of hydrogen-bond acceptors (Lipinski definition) is 4. The summed E-state index contributed by atoms with van der Waals surface area (Å²) in [5.41, 5.74) is 5.76. The SMILES string of the molecule is COc1ccc(CC(=O)NCc2ccc3c(c2)CCN3C(=O)c2ccc(C)cc2)cc1OC. The third-order valence-electron chi connectivity index (χ3n) is 5.89. The summed E-state index contributed by atoms with van der Waals surface area (Å²) in [6, 6.07) is 19.1. The highest BCUT2D eigenvalue weighted by Crippen LogP contribution is 2.30. The maximum Gasteiger partial charge on any atom is 0.258 e. The van der Waals surface area contributed by atoms with Crippen molar-refractivity contribution in [1.82, 2.24) is 5.32 Å². The lowest BCUT2D eigenvalue weighted by Crippen LogP contribution is -2.28. The second-order valence-electron chi connectivity index (χ2n) is 8.18. The minimum atomic E-state index is -0.0705. The molecule has 0 aliphatic carbocycles. The molecule has 0 atom stereocenters. The van der Waals surface area contributed by atoms with Gasteiger partial charge in [-0.1, -0.05) is 35.9 Å². The number of methoxy groups -OCH3 is 2. The Kier molecular flexibility index (Phi) is 6.63. The summed E-state index contributed by atoms with van der Waals surface area (Å²) in [6.07, 6.45) is 1.06. The van der Waals surface area contributed by atoms with E-state index in [0.717, 1.165) is 34.4 Å². The Morgan fingerprint density at radius 2 is 1.64 bits per heavy atom.